The van der Waals surface area contributed by atoms with Crippen molar-refractivity contribution in [2.45, 2.75) is 25.9 Å². The quantitative estimate of drug-likeness (QED) is 0.480. The molecule has 0 saturated carbocycles. The number of nitro benzene ring substituents is 1. The smallest absolute Gasteiger partial charge is 0.270 e. The van der Waals surface area contributed by atoms with Crippen LogP contribution in [0.15, 0.2) is 59.7 Å². The van der Waals surface area contributed by atoms with E-state index in [1.165, 1.54) is 25.4 Å². The van der Waals surface area contributed by atoms with Crippen LogP contribution in [0.2, 0.25) is 0 Å². The van der Waals surface area contributed by atoms with Crippen molar-refractivity contribution in [2.75, 3.05) is 0 Å². The van der Waals surface area contributed by atoms with E-state index in [-0.39, 0.29) is 23.4 Å². The molecule has 0 saturated heterocycles. The Morgan fingerprint density at radius 2 is 1.93 bits per heavy atom. The summed E-state index contributed by atoms with van der Waals surface area (Å²) in [7, 11) is 0. The van der Waals surface area contributed by atoms with Crippen LogP contribution in [0.1, 0.15) is 12.5 Å². The number of nitrogens with one attached hydrogen (secondary N) is 1. The molecule has 148 valence electrons. The monoisotopic (exact) mass is 394 g/mol. The van der Waals surface area contributed by atoms with Crippen LogP contribution < -0.4 is 10.9 Å². The zero-order valence-electron chi connectivity index (χ0n) is 15.6. The van der Waals surface area contributed by atoms with Gasteiger partial charge in [0.15, 0.2) is 5.78 Å². The molecule has 9 nitrogen and oxygen atoms in total. The number of Topliss-reactive ketones (excluding diaryl/α,β-unsaturated/α-hetero) is 1. The predicted molar refractivity (Wildman–Crippen MR) is 105 cm³/mol. The van der Waals surface area contributed by atoms with E-state index in [2.05, 4.69) is 10.3 Å². The summed E-state index contributed by atoms with van der Waals surface area (Å²) in [4.78, 5) is 51.3. The minimum absolute atomic E-state index is 0.0434. The lowest BCUT2D eigenvalue weighted by Crippen LogP contribution is -2.43. The molecule has 1 heterocycles. The fourth-order valence-corrected chi connectivity index (χ4v) is 2.91. The Labute approximate surface area is 165 Å². The highest BCUT2D eigenvalue weighted by Gasteiger charge is 2.19. The third-order valence-corrected chi connectivity index (χ3v) is 4.44. The first-order valence-corrected chi connectivity index (χ1v) is 8.82. The summed E-state index contributed by atoms with van der Waals surface area (Å²) in [6.45, 7) is 1.03. The minimum Gasteiger partial charge on any atom is -0.344 e. The molecule has 0 fully saturated rings. The maximum Gasteiger partial charge on any atom is 0.270 e. The van der Waals surface area contributed by atoms with Crippen LogP contribution in [0, 0.1) is 10.1 Å². The summed E-state index contributed by atoms with van der Waals surface area (Å²) >= 11 is 0. The molecule has 0 bridgehead atoms. The van der Waals surface area contributed by atoms with Gasteiger partial charge in [-0.3, -0.25) is 29.1 Å². The number of rotatable bonds is 7. The summed E-state index contributed by atoms with van der Waals surface area (Å²) in [5, 5.41) is 13.6. The molecule has 0 aliphatic carbocycles. The van der Waals surface area contributed by atoms with E-state index in [1.54, 1.807) is 0 Å². The van der Waals surface area contributed by atoms with Crippen LogP contribution in [-0.2, 0) is 22.6 Å². The number of ketones is 1. The zero-order chi connectivity index (χ0) is 21.0. The van der Waals surface area contributed by atoms with Crippen molar-refractivity contribution >= 4 is 28.3 Å². The Morgan fingerprint density at radius 1 is 1.21 bits per heavy atom. The second-order valence-electron chi connectivity index (χ2n) is 6.56. The van der Waals surface area contributed by atoms with Crippen LogP contribution in [0.25, 0.3) is 10.9 Å². The SMILES string of the molecule is CC(=O)[C@@H](Cc1ccccc1)NC(=O)Cn1cnc2ccc([N+](=O)[O-])cc2c1=O. The normalized spacial score (nSPS) is 11.8. The molecule has 0 aliphatic rings. The van der Waals surface area contributed by atoms with Gasteiger partial charge in [0.1, 0.15) is 6.54 Å². The molecule has 29 heavy (non-hydrogen) atoms. The molecule has 0 radical (unpaired) electrons. The Hall–Kier alpha value is -3.88. The number of nitro groups is 1. The van der Waals surface area contributed by atoms with E-state index >= 15 is 0 Å². The lowest BCUT2D eigenvalue weighted by atomic mass is 10.0. The highest BCUT2D eigenvalue weighted by molar-refractivity contribution is 5.88. The summed E-state index contributed by atoms with van der Waals surface area (Å²) in [6.07, 6.45) is 1.54. The van der Waals surface area contributed by atoms with Crippen LogP contribution in [0.3, 0.4) is 0 Å². The van der Waals surface area contributed by atoms with Gasteiger partial charge in [-0.1, -0.05) is 30.3 Å². The molecule has 1 aromatic heterocycles. The maximum atomic E-state index is 12.6. The van der Waals surface area contributed by atoms with E-state index in [1.807, 2.05) is 30.3 Å². The molecule has 9 heteroatoms. The van der Waals surface area contributed by atoms with Crippen molar-refractivity contribution in [3.8, 4) is 0 Å². The van der Waals surface area contributed by atoms with Gasteiger partial charge in [0.2, 0.25) is 5.91 Å². The molecule has 1 amide bonds. The standard InChI is InChI=1S/C20H18N4O5/c1-13(25)18(9-14-5-3-2-4-6-14)22-19(26)11-23-12-21-17-8-7-15(24(28)29)10-16(17)20(23)27/h2-8,10,12,18H,9,11H2,1H3,(H,22,26)/t18-/m1/s1. The van der Waals surface area contributed by atoms with Crippen LogP contribution in [-0.4, -0.2) is 32.2 Å². The van der Waals surface area contributed by atoms with E-state index in [0.717, 1.165) is 16.2 Å². The predicted octanol–water partition coefficient (Wildman–Crippen LogP) is 1.62. The third kappa shape index (κ3) is 4.70. The van der Waals surface area contributed by atoms with Gasteiger partial charge in [0.25, 0.3) is 11.2 Å². The molecular weight excluding hydrogens is 376 g/mol. The first-order valence-electron chi connectivity index (χ1n) is 8.82. The Bertz CT molecular complexity index is 1140. The van der Waals surface area contributed by atoms with Gasteiger partial charge >= 0.3 is 0 Å². The molecule has 1 atom stereocenters. The van der Waals surface area contributed by atoms with Gasteiger partial charge in [-0.05, 0) is 25.0 Å². The van der Waals surface area contributed by atoms with Gasteiger partial charge in [0.05, 0.1) is 28.2 Å². The van der Waals surface area contributed by atoms with Gasteiger partial charge in [-0.2, -0.15) is 0 Å². The lowest BCUT2D eigenvalue weighted by molar-refractivity contribution is -0.384. The van der Waals surface area contributed by atoms with Crippen molar-refractivity contribution in [1.29, 1.82) is 0 Å². The fraction of sp³-hybridized carbons (Fsp3) is 0.200. The molecule has 0 unspecified atom stereocenters. The van der Waals surface area contributed by atoms with Gasteiger partial charge in [-0.15, -0.1) is 0 Å². The van der Waals surface area contributed by atoms with Crippen molar-refractivity contribution in [3.05, 3.63) is 80.9 Å². The number of nitrogens with zero attached hydrogens (tertiary/aromatic N) is 3. The molecule has 3 rings (SSSR count). The van der Waals surface area contributed by atoms with Crippen LogP contribution in [0.4, 0.5) is 5.69 Å². The topological polar surface area (TPSA) is 124 Å². The number of fused-ring (bicyclic) bond motifs is 1. The molecule has 1 N–H and O–H groups in total. The summed E-state index contributed by atoms with van der Waals surface area (Å²) in [5.74, 6) is -0.739. The van der Waals surface area contributed by atoms with E-state index < -0.39 is 22.4 Å². The Morgan fingerprint density at radius 3 is 2.59 bits per heavy atom. The van der Waals surface area contributed by atoms with Gasteiger partial charge in [0, 0.05) is 12.1 Å². The summed E-state index contributed by atoms with van der Waals surface area (Å²) in [6, 6.07) is 12.3. The van der Waals surface area contributed by atoms with E-state index in [0.29, 0.717) is 11.9 Å². The summed E-state index contributed by atoms with van der Waals surface area (Å²) < 4.78 is 1.06. The van der Waals surface area contributed by atoms with Gasteiger partial charge in [-0.25, -0.2) is 4.98 Å². The largest absolute Gasteiger partial charge is 0.344 e. The van der Waals surface area contributed by atoms with Crippen molar-refractivity contribution in [1.82, 2.24) is 14.9 Å². The molecule has 3 aromatic rings. The van der Waals surface area contributed by atoms with Crippen molar-refractivity contribution in [2.24, 2.45) is 0 Å². The number of carbonyl (C=O) groups excluding carboxylic acids is 2. The number of non-ortho nitro benzene ring substituents is 1. The number of amides is 1. The van der Waals surface area contributed by atoms with E-state index in [9.17, 15) is 24.5 Å². The van der Waals surface area contributed by atoms with Gasteiger partial charge < -0.3 is 5.32 Å². The average molecular weight is 394 g/mol. The molecule has 0 aliphatic heterocycles. The highest BCUT2D eigenvalue weighted by atomic mass is 16.6. The number of aromatic nitrogens is 2. The Balaban J connectivity index is 1.79. The molecule has 0 spiro atoms. The number of carbonyl (C=O) groups is 2. The van der Waals surface area contributed by atoms with Crippen molar-refractivity contribution < 1.29 is 14.5 Å². The highest BCUT2D eigenvalue weighted by Crippen LogP contribution is 2.16. The second-order valence-corrected chi connectivity index (χ2v) is 6.56. The summed E-state index contributed by atoms with van der Waals surface area (Å²) in [5.41, 5.74) is 0.377. The minimum atomic E-state index is -0.727. The first kappa shape index (κ1) is 19.9. The fourth-order valence-electron chi connectivity index (χ4n) is 2.91. The first-order chi connectivity index (χ1) is 13.8. The second kappa shape index (κ2) is 8.42. The Kier molecular flexibility index (Phi) is 5.77. The third-order valence-electron chi connectivity index (χ3n) is 4.44. The number of hydrogen-bond donors (Lipinski definition) is 1. The van der Waals surface area contributed by atoms with Crippen LogP contribution >= 0.6 is 0 Å². The van der Waals surface area contributed by atoms with Crippen LogP contribution in [0.5, 0.6) is 0 Å². The maximum absolute atomic E-state index is 12.6. The lowest BCUT2D eigenvalue weighted by Gasteiger charge is -2.16. The molecular formula is C20H18N4O5. The van der Waals surface area contributed by atoms with Crippen molar-refractivity contribution in [3.63, 3.8) is 0 Å². The number of hydrogen-bond acceptors (Lipinski definition) is 6. The van der Waals surface area contributed by atoms with E-state index in [4.69, 9.17) is 0 Å². The molecule has 2 aromatic carbocycles. The number of benzene rings is 2. The zero-order valence-corrected chi connectivity index (χ0v) is 15.6. The average Bonchev–Trinajstić information content (AvgIpc) is 2.70.